The number of anilines is 2. The summed E-state index contributed by atoms with van der Waals surface area (Å²) in [6.07, 6.45) is 0. The summed E-state index contributed by atoms with van der Waals surface area (Å²) in [6, 6.07) is 6.58. The van der Waals surface area contributed by atoms with Crippen LogP contribution in [0, 0.1) is 0 Å². The van der Waals surface area contributed by atoms with Crippen molar-refractivity contribution in [3.05, 3.63) is 40.9 Å². The minimum Gasteiger partial charge on any atom is -0.480 e. The number of nitrogens with zero attached hydrogens (tertiary/aromatic N) is 1. The topological polar surface area (TPSA) is 97.5 Å². The first kappa shape index (κ1) is 14.4. The van der Waals surface area contributed by atoms with Crippen LogP contribution >= 0.6 is 11.3 Å². The maximum absolute atomic E-state index is 10.8. The Morgan fingerprint density at radius 2 is 2.30 bits per heavy atom. The molecule has 0 aliphatic carbocycles. The summed E-state index contributed by atoms with van der Waals surface area (Å²) in [7, 11) is 1.63. The van der Waals surface area contributed by atoms with Gasteiger partial charge in [-0.05, 0) is 6.07 Å². The number of carbonyl (C=O) groups is 1. The molecule has 0 saturated heterocycles. The van der Waals surface area contributed by atoms with E-state index in [9.17, 15) is 4.79 Å². The molecule has 1 heterocycles. The van der Waals surface area contributed by atoms with E-state index in [1.54, 1.807) is 12.5 Å². The number of hydrogen-bond donors (Lipinski definition) is 3. The molecule has 1 aromatic heterocycles. The number of carboxylic acid groups (broad SMARTS) is 1. The molecule has 20 heavy (non-hydrogen) atoms. The summed E-state index contributed by atoms with van der Waals surface area (Å²) in [5.74, 6) is -1.10. The molecule has 0 aliphatic rings. The second-order valence-corrected chi connectivity index (χ2v) is 4.97. The molecule has 2 rings (SSSR count). The van der Waals surface area contributed by atoms with Crippen molar-refractivity contribution in [2.75, 3.05) is 12.4 Å². The molecule has 0 spiro atoms. The zero-order valence-corrected chi connectivity index (χ0v) is 11.7. The predicted octanol–water partition coefficient (Wildman–Crippen LogP) is 2.12. The zero-order chi connectivity index (χ0) is 14.5. The molecular weight excluding hydrogens is 278 g/mol. The van der Waals surface area contributed by atoms with Crippen LogP contribution in [0.2, 0.25) is 0 Å². The molecule has 106 valence electrons. The highest BCUT2D eigenvalue weighted by molar-refractivity contribution is 7.13. The van der Waals surface area contributed by atoms with E-state index in [1.807, 2.05) is 24.3 Å². The number of methoxy groups -OCH3 is 1. The van der Waals surface area contributed by atoms with E-state index in [1.165, 1.54) is 11.3 Å². The first-order chi connectivity index (χ1) is 9.61. The third kappa shape index (κ3) is 3.32. The van der Waals surface area contributed by atoms with Crippen molar-refractivity contribution in [3.8, 4) is 0 Å². The average molecular weight is 293 g/mol. The van der Waals surface area contributed by atoms with Gasteiger partial charge in [0.2, 0.25) is 0 Å². The van der Waals surface area contributed by atoms with E-state index in [0.29, 0.717) is 17.4 Å². The quantitative estimate of drug-likeness (QED) is 0.754. The minimum atomic E-state index is -1.10. The highest BCUT2D eigenvalue weighted by atomic mass is 32.1. The van der Waals surface area contributed by atoms with Gasteiger partial charge in [0, 0.05) is 23.7 Å². The van der Waals surface area contributed by atoms with Gasteiger partial charge in [0.25, 0.3) is 0 Å². The molecule has 1 atom stereocenters. The Labute approximate surface area is 120 Å². The molecule has 0 aliphatic heterocycles. The normalized spacial score (nSPS) is 12.1. The Morgan fingerprint density at radius 3 is 3.00 bits per heavy atom. The fourth-order valence-corrected chi connectivity index (χ4v) is 2.41. The molecule has 1 aromatic carbocycles. The summed E-state index contributed by atoms with van der Waals surface area (Å²) >= 11 is 1.31. The Morgan fingerprint density at radius 1 is 1.55 bits per heavy atom. The summed E-state index contributed by atoms with van der Waals surface area (Å²) in [5.41, 5.74) is 7.73. The molecule has 2 aromatic rings. The molecular formula is C13H15N3O3S. The van der Waals surface area contributed by atoms with Crippen LogP contribution in [0.15, 0.2) is 29.6 Å². The standard InChI is InChI=1S/C13H15N3O3S/c1-19-6-8-4-2-3-5-9(8)15-13-16-10(7-20-13)11(14)12(17)18/h2-5,7,11H,6,14H2,1H3,(H,15,16)(H,17,18). The summed E-state index contributed by atoms with van der Waals surface area (Å²) < 4.78 is 5.13. The second-order valence-electron chi connectivity index (χ2n) is 4.11. The number of nitrogens with two attached hydrogens (primary N) is 1. The lowest BCUT2D eigenvalue weighted by Crippen LogP contribution is -2.20. The van der Waals surface area contributed by atoms with Gasteiger partial charge in [-0.25, -0.2) is 4.98 Å². The van der Waals surface area contributed by atoms with Crippen LogP contribution in [0.4, 0.5) is 10.8 Å². The van der Waals surface area contributed by atoms with Crippen LogP contribution in [0.3, 0.4) is 0 Å². The van der Waals surface area contributed by atoms with E-state index < -0.39 is 12.0 Å². The van der Waals surface area contributed by atoms with Gasteiger partial charge in [-0.15, -0.1) is 11.3 Å². The first-order valence-electron chi connectivity index (χ1n) is 5.89. The number of para-hydroxylation sites is 1. The summed E-state index contributed by atoms with van der Waals surface area (Å²) in [6.45, 7) is 0.482. The largest absolute Gasteiger partial charge is 0.480 e. The van der Waals surface area contributed by atoms with E-state index >= 15 is 0 Å². The molecule has 0 saturated carbocycles. The van der Waals surface area contributed by atoms with Gasteiger partial charge in [0.1, 0.15) is 6.04 Å². The van der Waals surface area contributed by atoms with Crippen molar-refractivity contribution in [3.63, 3.8) is 0 Å². The third-order valence-corrected chi connectivity index (χ3v) is 3.44. The van der Waals surface area contributed by atoms with Crippen molar-refractivity contribution in [2.45, 2.75) is 12.6 Å². The van der Waals surface area contributed by atoms with Gasteiger partial charge in [0.05, 0.1) is 12.3 Å². The van der Waals surface area contributed by atoms with Crippen molar-refractivity contribution < 1.29 is 14.6 Å². The molecule has 1 unspecified atom stereocenters. The van der Waals surface area contributed by atoms with Crippen LogP contribution in [-0.4, -0.2) is 23.2 Å². The fourth-order valence-electron chi connectivity index (χ4n) is 1.65. The van der Waals surface area contributed by atoms with Crippen molar-refractivity contribution in [1.29, 1.82) is 0 Å². The SMILES string of the molecule is COCc1ccccc1Nc1nc(C(N)C(=O)O)cs1. The molecule has 0 fully saturated rings. The van der Waals surface area contributed by atoms with Gasteiger partial charge in [-0.1, -0.05) is 18.2 Å². The predicted molar refractivity (Wildman–Crippen MR) is 77.1 cm³/mol. The monoisotopic (exact) mass is 293 g/mol. The average Bonchev–Trinajstić information content (AvgIpc) is 2.89. The number of hydrogen-bond acceptors (Lipinski definition) is 6. The van der Waals surface area contributed by atoms with E-state index in [4.69, 9.17) is 15.6 Å². The van der Waals surface area contributed by atoms with Gasteiger partial charge < -0.3 is 20.9 Å². The lowest BCUT2D eigenvalue weighted by Gasteiger charge is -2.09. The van der Waals surface area contributed by atoms with Gasteiger partial charge in [-0.3, -0.25) is 4.79 Å². The molecule has 6 nitrogen and oxygen atoms in total. The first-order valence-corrected chi connectivity index (χ1v) is 6.77. The minimum absolute atomic E-state index is 0.342. The van der Waals surface area contributed by atoms with E-state index in [-0.39, 0.29) is 0 Å². The number of aliphatic carboxylic acids is 1. The number of carboxylic acids is 1. The van der Waals surface area contributed by atoms with E-state index in [0.717, 1.165) is 11.3 Å². The van der Waals surface area contributed by atoms with Gasteiger partial charge >= 0.3 is 5.97 Å². The Hall–Kier alpha value is -1.96. The van der Waals surface area contributed by atoms with Crippen molar-refractivity contribution in [1.82, 2.24) is 4.98 Å². The number of nitrogens with one attached hydrogen (secondary N) is 1. The number of ether oxygens (including phenoxy) is 1. The highest BCUT2D eigenvalue weighted by Crippen LogP contribution is 2.25. The van der Waals surface area contributed by atoms with E-state index in [2.05, 4.69) is 10.3 Å². The highest BCUT2D eigenvalue weighted by Gasteiger charge is 2.17. The zero-order valence-electron chi connectivity index (χ0n) is 10.9. The maximum atomic E-state index is 10.8. The fraction of sp³-hybridized carbons (Fsp3) is 0.231. The number of aromatic nitrogens is 1. The maximum Gasteiger partial charge on any atom is 0.326 e. The van der Waals surface area contributed by atoms with Crippen LogP contribution in [0.1, 0.15) is 17.3 Å². The number of benzene rings is 1. The Kier molecular flexibility index (Phi) is 4.67. The van der Waals surface area contributed by atoms with Gasteiger partial charge in [0.15, 0.2) is 5.13 Å². The molecule has 0 bridgehead atoms. The van der Waals surface area contributed by atoms with Crippen LogP contribution in [0.5, 0.6) is 0 Å². The second kappa shape index (κ2) is 6.47. The van der Waals surface area contributed by atoms with Crippen LogP contribution in [0.25, 0.3) is 0 Å². The lowest BCUT2D eigenvalue weighted by molar-refractivity contribution is -0.138. The molecule has 7 heteroatoms. The van der Waals surface area contributed by atoms with Crippen molar-refractivity contribution in [2.24, 2.45) is 5.73 Å². The van der Waals surface area contributed by atoms with Crippen LogP contribution in [-0.2, 0) is 16.1 Å². The van der Waals surface area contributed by atoms with Crippen molar-refractivity contribution >= 4 is 28.1 Å². The molecule has 0 amide bonds. The van der Waals surface area contributed by atoms with Crippen LogP contribution < -0.4 is 11.1 Å². The molecule has 4 N–H and O–H groups in total. The third-order valence-electron chi connectivity index (χ3n) is 2.67. The smallest absolute Gasteiger partial charge is 0.326 e. The molecule has 0 radical (unpaired) electrons. The number of thiazole rings is 1. The summed E-state index contributed by atoms with van der Waals surface area (Å²) in [4.78, 5) is 15.0. The lowest BCUT2D eigenvalue weighted by atomic mass is 10.2. The Bertz CT molecular complexity index is 600. The number of rotatable bonds is 6. The Balaban J connectivity index is 2.17. The summed E-state index contributed by atoms with van der Waals surface area (Å²) in [5, 5.41) is 14.2. The van der Waals surface area contributed by atoms with Gasteiger partial charge in [-0.2, -0.15) is 0 Å².